The monoisotopic (exact) mass is 449 g/mol. The maximum atomic E-state index is 14.3. The Labute approximate surface area is 197 Å². The number of hydrogen-bond acceptors (Lipinski definition) is 4. The van der Waals surface area contributed by atoms with Crippen molar-refractivity contribution in [2.45, 2.75) is 46.0 Å². The van der Waals surface area contributed by atoms with Gasteiger partial charge in [0.1, 0.15) is 11.6 Å². The molecule has 1 heterocycles. The lowest BCUT2D eigenvalue weighted by Gasteiger charge is -2.33. The van der Waals surface area contributed by atoms with E-state index in [4.69, 9.17) is 4.74 Å². The number of rotatable bonds is 10. The van der Waals surface area contributed by atoms with Crippen molar-refractivity contribution in [3.05, 3.63) is 77.9 Å². The first-order valence-corrected chi connectivity index (χ1v) is 11.8. The van der Waals surface area contributed by atoms with Gasteiger partial charge in [-0.05, 0) is 89.0 Å². The average molecular weight is 450 g/mol. The second-order valence-electron chi connectivity index (χ2n) is 9.12. The molecule has 0 aliphatic carbocycles. The zero-order chi connectivity index (χ0) is 23.5. The number of aliphatic imine (C=N–C) groups is 2. The number of para-hydroxylation sites is 1. The van der Waals surface area contributed by atoms with Crippen molar-refractivity contribution >= 4 is 12.4 Å². The van der Waals surface area contributed by atoms with Crippen LogP contribution in [-0.2, 0) is 6.42 Å². The Kier molecular flexibility index (Phi) is 9.37. The van der Waals surface area contributed by atoms with Crippen LogP contribution in [0.25, 0.3) is 0 Å². The van der Waals surface area contributed by atoms with Crippen LogP contribution in [0, 0.1) is 18.2 Å². The summed E-state index contributed by atoms with van der Waals surface area (Å²) >= 11 is 0. The molecule has 3 rings (SSSR count). The van der Waals surface area contributed by atoms with Crippen molar-refractivity contribution in [3.63, 3.8) is 0 Å². The molecule has 4 nitrogen and oxygen atoms in total. The number of halogens is 1. The minimum Gasteiger partial charge on any atom is -0.493 e. The summed E-state index contributed by atoms with van der Waals surface area (Å²) in [6.45, 7) is 11.1. The second kappa shape index (κ2) is 12.4. The molecule has 0 radical (unpaired) electrons. The van der Waals surface area contributed by atoms with Crippen molar-refractivity contribution in [1.29, 1.82) is 0 Å². The molecule has 1 aliphatic heterocycles. The van der Waals surface area contributed by atoms with Crippen molar-refractivity contribution in [1.82, 2.24) is 4.90 Å². The number of aryl methyl sites for hydroxylation is 2. The molecule has 2 aromatic rings. The van der Waals surface area contributed by atoms with Gasteiger partial charge in [0, 0.05) is 30.1 Å². The standard InChI is InChI=1S/C28H36FN3O/c1-23-9-4-7-12-27(23)33-22-28(15-13-25-10-5-6-11-26(25)29)14-8-19-32(20-16-28)21-24(2)31-18-17-30-3/h4-7,9-12,17-18H,3,8,13-16,19-22H2,1-2H3/b18-17-,31-24?. The Hall–Kier alpha value is -2.79. The van der Waals surface area contributed by atoms with Gasteiger partial charge in [-0.3, -0.25) is 14.9 Å². The van der Waals surface area contributed by atoms with E-state index >= 15 is 0 Å². The van der Waals surface area contributed by atoms with E-state index in [9.17, 15) is 4.39 Å². The summed E-state index contributed by atoms with van der Waals surface area (Å²) in [4.78, 5) is 10.6. The van der Waals surface area contributed by atoms with Crippen LogP contribution in [0.3, 0.4) is 0 Å². The van der Waals surface area contributed by atoms with Crippen LogP contribution in [0.15, 0.2) is 70.9 Å². The van der Waals surface area contributed by atoms with Crippen molar-refractivity contribution < 1.29 is 9.13 Å². The first-order valence-electron chi connectivity index (χ1n) is 11.8. The second-order valence-corrected chi connectivity index (χ2v) is 9.12. The first-order chi connectivity index (χ1) is 16.0. The highest BCUT2D eigenvalue weighted by molar-refractivity contribution is 5.84. The van der Waals surface area contributed by atoms with Crippen LogP contribution in [-0.4, -0.2) is 43.6 Å². The van der Waals surface area contributed by atoms with Gasteiger partial charge in [0.2, 0.25) is 0 Å². The van der Waals surface area contributed by atoms with Crippen LogP contribution in [0.2, 0.25) is 0 Å². The summed E-state index contributed by atoms with van der Waals surface area (Å²) in [6.07, 6.45) is 8.10. The van der Waals surface area contributed by atoms with Crippen LogP contribution >= 0.6 is 0 Å². The molecule has 0 amide bonds. The summed E-state index contributed by atoms with van der Waals surface area (Å²) in [5.74, 6) is 0.825. The first kappa shape index (κ1) is 24.8. The maximum absolute atomic E-state index is 14.3. The van der Waals surface area contributed by atoms with Gasteiger partial charge in [-0.2, -0.15) is 0 Å². The molecule has 1 fully saturated rings. The third-order valence-corrected chi connectivity index (χ3v) is 6.57. The SMILES string of the molecule is C=N/C=C\N=C(C)CN1CCCC(CCc2ccccc2F)(COc2ccccc2C)CC1. The Morgan fingerprint density at radius 1 is 1.12 bits per heavy atom. The van der Waals surface area contributed by atoms with Gasteiger partial charge in [0.05, 0.1) is 6.61 Å². The summed E-state index contributed by atoms with van der Waals surface area (Å²) in [7, 11) is 0. The molecule has 0 bridgehead atoms. The highest BCUT2D eigenvalue weighted by atomic mass is 19.1. The minimum atomic E-state index is -0.114. The predicted octanol–water partition coefficient (Wildman–Crippen LogP) is 6.25. The number of hydrogen-bond donors (Lipinski definition) is 0. The molecule has 5 heteroatoms. The van der Waals surface area contributed by atoms with Gasteiger partial charge < -0.3 is 4.74 Å². The van der Waals surface area contributed by atoms with Crippen LogP contribution in [0.1, 0.15) is 43.7 Å². The van der Waals surface area contributed by atoms with Crippen LogP contribution in [0.4, 0.5) is 4.39 Å². The zero-order valence-corrected chi connectivity index (χ0v) is 20.0. The van der Waals surface area contributed by atoms with E-state index in [0.29, 0.717) is 6.61 Å². The largest absolute Gasteiger partial charge is 0.493 e. The minimum absolute atomic E-state index is 0.0109. The van der Waals surface area contributed by atoms with Crippen molar-refractivity contribution in [2.75, 3.05) is 26.2 Å². The lowest BCUT2D eigenvalue weighted by molar-refractivity contribution is 0.113. The molecule has 0 aromatic heterocycles. The summed E-state index contributed by atoms with van der Waals surface area (Å²) in [5, 5.41) is 0. The van der Waals surface area contributed by atoms with Crippen LogP contribution in [0.5, 0.6) is 5.75 Å². The molecule has 1 atom stereocenters. The number of ether oxygens (including phenoxy) is 1. The quantitative estimate of drug-likeness (QED) is 0.402. The van der Waals surface area contributed by atoms with Gasteiger partial charge in [0.25, 0.3) is 0 Å². The summed E-state index contributed by atoms with van der Waals surface area (Å²) in [6, 6.07) is 15.3. The number of benzene rings is 2. The predicted molar refractivity (Wildman–Crippen MR) is 136 cm³/mol. The van der Waals surface area contributed by atoms with E-state index in [0.717, 1.165) is 74.3 Å². The lowest BCUT2D eigenvalue weighted by Crippen LogP contribution is -2.33. The van der Waals surface area contributed by atoms with Crippen molar-refractivity contribution in [3.8, 4) is 5.75 Å². The van der Waals surface area contributed by atoms with Crippen molar-refractivity contribution in [2.24, 2.45) is 15.4 Å². The molecule has 1 saturated heterocycles. The molecule has 33 heavy (non-hydrogen) atoms. The summed E-state index contributed by atoms with van der Waals surface area (Å²) < 4.78 is 20.7. The highest BCUT2D eigenvalue weighted by Crippen LogP contribution is 2.37. The topological polar surface area (TPSA) is 37.2 Å². The number of likely N-dealkylation sites (tertiary alicyclic amines) is 1. The van der Waals surface area contributed by atoms with Gasteiger partial charge in [-0.15, -0.1) is 0 Å². The Morgan fingerprint density at radius 2 is 1.91 bits per heavy atom. The lowest BCUT2D eigenvalue weighted by atomic mass is 9.76. The Bertz CT molecular complexity index is 920. The van der Waals surface area contributed by atoms with E-state index in [1.807, 2.05) is 37.3 Å². The van der Waals surface area contributed by atoms with E-state index in [2.05, 4.69) is 34.6 Å². The molecule has 0 saturated carbocycles. The van der Waals surface area contributed by atoms with E-state index in [1.165, 1.54) is 0 Å². The fourth-order valence-electron chi connectivity index (χ4n) is 4.56. The van der Waals surface area contributed by atoms with E-state index in [1.54, 1.807) is 24.5 Å². The smallest absolute Gasteiger partial charge is 0.126 e. The normalized spacial score (nSPS) is 20.0. The van der Waals surface area contributed by atoms with Crippen LogP contribution < -0.4 is 4.74 Å². The molecular formula is C28H36FN3O. The summed E-state index contributed by atoms with van der Waals surface area (Å²) in [5.41, 5.74) is 3.01. The van der Waals surface area contributed by atoms with Gasteiger partial charge in [-0.1, -0.05) is 36.4 Å². The number of nitrogens with zero attached hydrogens (tertiary/aromatic N) is 3. The van der Waals surface area contributed by atoms with E-state index < -0.39 is 0 Å². The Balaban J connectivity index is 1.71. The molecule has 2 aromatic carbocycles. The van der Waals surface area contributed by atoms with Gasteiger partial charge >= 0.3 is 0 Å². The molecule has 0 spiro atoms. The highest BCUT2D eigenvalue weighted by Gasteiger charge is 2.34. The zero-order valence-electron chi connectivity index (χ0n) is 20.0. The van der Waals surface area contributed by atoms with Gasteiger partial charge in [-0.25, -0.2) is 4.39 Å². The average Bonchev–Trinajstić information content (AvgIpc) is 3.01. The molecule has 1 aliphatic rings. The maximum Gasteiger partial charge on any atom is 0.126 e. The fourth-order valence-corrected chi connectivity index (χ4v) is 4.56. The Morgan fingerprint density at radius 3 is 2.70 bits per heavy atom. The van der Waals surface area contributed by atoms with E-state index in [-0.39, 0.29) is 11.2 Å². The molecule has 176 valence electrons. The molecule has 0 N–H and O–H groups in total. The molecule has 1 unspecified atom stereocenters. The van der Waals surface area contributed by atoms with Gasteiger partial charge in [0.15, 0.2) is 0 Å². The fraction of sp³-hybridized carbons (Fsp3) is 0.429. The third-order valence-electron chi connectivity index (χ3n) is 6.57. The third kappa shape index (κ3) is 7.64. The molecular weight excluding hydrogens is 413 g/mol.